The zero-order valence-corrected chi connectivity index (χ0v) is 22.9. The van der Waals surface area contributed by atoms with Crippen molar-refractivity contribution < 1.29 is 17.9 Å². The summed E-state index contributed by atoms with van der Waals surface area (Å²) < 4.78 is 45.3. The van der Waals surface area contributed by atoms with Gasteiger partial charge in [-0.25, -0.2) is 4.98 Å². The highest BCUT2D eigenvalue weighted by molar-refractivity contribution is 7.99. The molecule has 5 rings (SSSR count). The molecule has 3 aromatic rings. The van der Waals surface area contributed by atoms with E-state index in [1.807, 2.05) is 12.1 Å². The zero-order valence-electron chi connectivity index (χ0n) is 22.0. The first-order chi connectivity index (χ1) is 18.7. The Bertz CT molecular complexity index is 1280. The van der Waals surface area contributed by atoms with Crippen molar-refractivity contribution in [2.75, 3.05) is 30.8 Å². The number of methoxy groups -OCH3 is 1. The van der Waals surface area contributed by atoms with E-state index in [1.54, 1.807) is 7.11 Å². The highest BCUT2D eigenvalue weighted by Crippen LogP contribution is 2.48. The maximum atomic E-state index is 13.3. The van der Waals surface area contributed by atoms with Crippen LogP contribution in [0.1, 0.15) is 56.3 Å². The van der Waals surface area contributed by atoms with Gasteiger partial charge in [-0.3, -0.25) is 4.98 Å². The fourth-order valence-corrected chi connectivity index (χ4v) is 6.75. The molecule has 208 valence electrons. The van der Waals surface area contributed by atoms with E-state index in [0.717, 1.165) is 56.1 Å². The van der Waals surface area contributed by atoms with Crippen molar-refractivity contribution in [3.63, 3.8) is 0 Å². The minimum atomic E-state index is -4.55. The van der Waals surface area contributed by atoms with Gasteiger partial charge in [0.2, 0.25) is 5.95 Å². The van der Waals surface area contributed by atoms with Crippen LogP contribution in [0.5, 0.6) is 5.75 Å². The number of halogens is 3. The molecule has 2 aliphatic rings. The molecular weight excluding hydrogens is 525 g/mol. The third-order valence-electron chi connectivity index (χ3n) is 8.05. The molecular formula is C28H33F3N6OS. The van der Waals surface area contributed by atoms with Gasteiger partial charge in [-0.1, -0.05) is 30.3 Å². The molecule has 1 aliphatic heterocycles. The minimum Gasteiger partial charge on any atom is -0.497 e. The number of piperidine rings is 1. The fraction of sp³-hybridized carbons (Fsp3) is 0.464. The molecule has 1 spiro atoms. The topological polar surface area (TPSA) is 89.2 Å². The van der Waals surface area contributed by atoms with E-state index in [4.69, 9.17) is 10.5 Å². The van der Waals surface area contributed by atoms with E-state index in [0.29, 0.717) is 16.9 Å². The van der Waals surface area contributed by atoms with Crippen LogP contribution in [0.25, 0.3) is 0 Å². The largest absolute Gasteiger partial charge is 0.497 e. The molecule has 3 N–H and O–H groups in total. The van der Waals surface area contributed by atoms with Crippen molar-refractivity contribution in [2.45, 2.75) is 67.1 Å². The molecule has 1 saturated heterocycles. The van der Waals surface area contributed by atoms with Gasteiger partial charge in [0.25, 0.3) is 0 Å². The summed E-state index contributed by atoms with van der Waals surface area (Å²) in [7, 11) is 1.67. The number of nitrogens with one attached hydrogen (secondary N) is 1. The van der Waals surface area contributed by atoms with Crippen LogP contribution in [0.3, 0.4) is 0 Å². The number of aromatic nitrogens is 3. The van der Waals surface area contributed by atoms with Crippen molar-refractivity contribution in [3.8, 4) is 5.75 Å². The third kappa shape index (κ3) is 5.94. The average molecular weight is 559 g/mol. The van der Waals surface area contributed by atoms with Crippen molar-refractivity contribution in [3.05, 3.63) is 60.0 Å². The smallest absolute Gasteiger partial charge is 0.434 e. The van der Waals surface area contributed by atoms with Crippen LogP contribution >= 0.6 is 11.8 Å². The van der Waals surface area contributed by atoms with E-state index in [2.05, 4.69) is 44.2 Å². The maximum Gasteiger partial charge on any atom is 0.434 e. The van der Waals surface area contributed by atoms with Gasteiger partial charge < -0.3 is 20.7 Å². The van der Waals surface area contributed by atoms with Gasteiger partial charge in [0, 0.05) is 42.5 Å². The monoisotopic (exact) mass is 558 g/mol. The van der Waals surface area contributed by atoms with Crippen molar-refractivity contribution in [2.24, 2.45) is 5.41 Å². The Morgan fingerprint density at radius 2 is 1.85 bits per heavy atom. The van der Waals surface area contributed by atoms with Crippen molar-refractivity contribution in [1.82, 2.24) is 20.3 Å². The van der Waals surface area contributed by atoms with Gasteiger partial charge in [-0.05, 0) is 67.9 Å². The van der Waals surface area contributed by atoms with E-state index in [9.17, 15) is 13.2 Å². The number of pyridine rings is 1. The Morgan fingerprint density at radius 1 is 1.10 bits per heavy atom. The van der Waals surface area contributed by atoms with Gasteiger partial charge in [0.1, 0.15) is 11.6 Å². The standard InChI is InChI=1S/C28H33F3N6OS/c1-18(19-7-9-20(38-2)10-8-19)35-23-6-3-11-27(23)12-15-37(16-13-27)26-34-17-22(25(32)36-26)39-21-5-4-14-33-24(21)28(29,30)31/h4-5,7-10,14,17-18,23,35H,3,6,11-13,15-16H2,1-2H3,(H2,32,34,36)/t18-,23-/m1/s1. The second kappa shape index (κ2) is 11.2. The molecule has 7 nitrogen and oxygen atoms in total. The summed E-state index contributed by atoms with van der Waals surface area (Å²) in [5.41, 5.74) is 6.71. The molecule has 0 radical (unpaired) electrons. The van der Waals surface area contributed by atoms with E-state index in [-0.39, 0.29) is 22.2 Å². The van der Waals surface area contributed by atoms with Crippen LogP contribution in [0, 0.1) is 5.41 Å². The number of hydrogen-bond donors (Lipinski definition) is 2. The Hall–Kier alpha value is -3.05. The predicted molar refractivity (Wildman–Crippen MR) is 146 cm³/mol. The van der Waals surface area contributed by atoms with E-state index >= 15 is 0 Å². The molecule has 0 amide bonds. The van der Waals surface area contributed by atoms with Crippen LogP contribution in [0.15, 0.2) is 58.6 Å². The summed E-state index contributed by atoms with van der Waals surface area (Å²) in [6, 6.07) is 11.7. The Balaban J connectivity index is 1.23. The molecule has 2 aromatic heterocycles. The lowest BCUT2D eigenvalue weighted by molar-refractivity contribution is -0.143. The first-order valence-corrected chi connectivity index (χ1v) is 14.0. The average Bonchev–Trinajstić information content (AvgIpc) is 3.31. The van der Waals surface area contributed by atoms with E-state index in [1.165, 1.54) is 36.7 Å². The second-order valence-electron chi connectivity index (χ2n) is 10.3. The van der Waals surface area contributed by atoms with E-state index < -0.39 is 11.9 Å². The Labute approximate surface area is 230 Å². The Morgan fingerprint density at radius 3 is 2.51 bits per heavy atom. The quantitative estimate of drug-likeness (QED) is 0.359. The molecule has 3 heterocycles. The third-order valence-corrected chi connectivity index (χ3v) is 9.13. The number of rotatable bonds is 7. The van der Waals surface area contributed by atoms with Crippen LogP contribution in [-0.4, -0.2) is 41.2 Å². The number of alkyl halides is 3. The van der Waals surface area contributed by atoms with Crippen LogP contribution in [0.2, 0.25) is 0 Å². The first-order valence-electron chi connectivity index (χ1n) is 13.2. The Kier molecular flexibility index (Phi) is 7.91. The predicted octanol–water partition coefficient (Wildman–Crippen LogP) is 6.12. The number of nitrogens with zero attached hydrogens (tertiary/aromatic N) is 4. The molecule has 1 aromatic carbocycles. The summed E-state index contributed by atoms with van der Waals surface area (Å²) in [5.74, 6) is 1.53. The number of nitrogens with two attached hydrogens (primary N) is 1. The molecule has 0 bridgehead atoms. The molecule has 1 aliphatic carbocycles. The fourth-order valence-electron chi connectivity index (χ4n) is 5.85. The molecule has 11 heteroatoms. The van der Waals surface area contributed by atoms with Gasteiger partial charge >= 0.3 is 6.18 Å². The lowest BCUT2D eigenvalue weighted by Crippen LogP contribution is -2.49. The molecule has 2 fully saturated rings. The summed E-state index contributed by atoms with van der Waals surface area (Å²) in [4.78, 5) is 14.9. The first kappa shape index (κ1) is 27.5. The van der Waals surface area contributed by atoms with Crippen LogP contribution < -0.4 is 20.7 Å². The summed E-state index contributed by atoms with van der Waals surface area (Å²) in [5, 5.41) is 3.90. The number of hydrogen-bond acceptors (Lipinski definition) is 8. The lowest BCUT2D eigenvalue weighted by atomic mass is 9.73. The summed E-state index contributed by atoms with van der Waals surface area (Å²) >= 11 is 0.878. The van der Waals surface area contributed by atoms with Crippen LogP contribution in [0.4, 0.5) is 24.9 Å². The maximum absolute atomic E-state index is 13.3. The van der Waals surface area contributed by atoms with Crippen LogP contribution in [-0.2, 0) is 6.18 Å². The van der Waals surface area contributed by atoms with Gasteiger partial charge in [0.05, 0.1) is 12.0 Å². The second-order valence-corrected chi connectivity index (χ2v) is 11.4. The van der Waals surface area contributed by atoms with Crippen molar-refractivity contribution in [1.29, 1.82) is 0 Å². The van der Waals surface area contributed by atoms with Gasteiger partial charge in [-0.2, -0.15) is 18.2 Å². The minimum absolute atomic E-state index is 0.0309. The molecule has 2 atom stereocenters. The molecule has 1 saturated carbocycles. The zero-order chi connectivity index (χ0) is 27.6. The highest BCUT2D eigenvalue weighted by Gasteiger charge is 2.45. The lowest BCUT2D eigenvalue weighted by Gasteiger charge is -2.44. The number of benzene rings is 1. The molecule has 0 unspecified atom stereocenters. The van der Waals surface area contributed by atoms with Crippen molar-refractivity contribution >= 4 is 23.5 Å². The van der Waals surface area contributed by atoms with Gasteiger partial charge in [-0.15, -0.1) is 0 Å². The normalized spacial score (nSPS) is 19.8. The molecule has 39 heavy (non-hydrogen) atoms. The number of anilines is 2. The summed E-state index contributed by atoms with van der Waals surface area (Å²) in [6.07, 6.45) is 3.68. The van der Waals surface area contributed by atoms with Gasteiger partial charge in [0.15, 0.2) is 5.69 Å². The number of ether oxygens (including phenoxy) is 1. The number of nitrogen functional groups attached to an aromatic ring is 1. The highest BCUT2D eigenvalue weighted by atomic mass is 32.2. The summed E-state index contributed by atoms with van der Waals surface area (Å²) in [6.45, 7) is 3.83. The SMILES string of the molecule is COc1ccc([C@@H](C)N[C@@H]2CCCC23CCN(c2ncc(Sc4cccnc4C(F)(F)F)c(N)n2)CC3)cc1.